The Hall–Kier alpha value is -1.12. The molecular formula is C14H16BrNO5S. The number of carboxylic acid groups (broad SMARTS) is 1. The second kappa shape index (κ2) is 5.82. The highest BCUT2D eigenvalue weighted by molar-refractivity contribution is 9.10. The standard InChI is InChI=1S/C14H16BrNO5S/c15-11-7-10-3-6-21-13(10)12(8-11)22(19,20)16-4-1-9(2-5-16)14(17)18/h7-9H,1-6H2,(H,17,18). The highest BCUT2D eigenvalue weighted by Gasteiger charge is 2.35. The number of carbonyl (C=O) groups is 1. The molecule has 1 aromatic rings. The Kier molecular flexibility index (Phi) is 4.17. The average molecular weight is 390 g/mol. The van der Waals surface area contributed by atoms with E-state index in [2.05, 4.69) is 15.9 Å². The summed E-state index contributed by atoms with van der Waals surface area (Å²) in [6.07, 6.45) is 1.37. The van der Waals surface area contributed by atoms with Gasteiger partial charge in [0.1, 0.15) is 10.6 Å². The Labute approximate surface area is 137 Å². The number of ether oxygens (including phenoxy) is 1. The maximum Gasteiger partial charge on any atom is 0.306 e. The minimum atomic E-state index is -3.67. The van der Waals surface area contributed by atoms with Crippen LogP contribution in [-0.2, 0) is 21.2 Å². The van der Waals surface area contributed by atoms with E-state index in [1.807, 2.05) is 6.07 Å². The first-order valence-electron chi connectivity index (χ1n) is 7.08. The number of halogens is 1. The van der Waals surface area contributed by atoms with Crippen LogP contribution in [0.25, 0.3) is 0 Å². The third kappa shape index (κ3) is 2.75. The first-order chi connectivity index (χ1) is 10.4. The second-order valence-corrected chi connectivity index (χ2v) is 8.33. The van der Waals surface area contributed by atoms with E-state index in [-0.39, 0.29) is 18.0 Å². The van der Waals surface area contributed by atoms with Crippen molar-refractivity contribution < 1.29 is 23.1 Å². The van der Waals surface area contributed by atoms with Gasteiger partial charge in [-0.25, -0.2) is 8.42 Å². The number of nitrogens with zero attached hydrogens (tertiary/aromatic N) is 1. The molecule has 2 aliphatic rings. The molecular weight excluding hydrogens is 374 g/mol. The molecule has 1 fully saturated rings. The molecule has 6 nitrogen and oxygen atoms in total. The molecule has 0 aromatic heterocycles. The van der Waals surface area contributed by atoms with E-state index in [1.54, 1.807) is 6.07 Å². The van der Waals surface area contributed by atoms with E-state index in [9.17, 15) is 13.2 Å². The van der Waals surface area contributed by atoms with E-state index in [0.717, 1.165) is 5.56 Å². The Morgan fingerprint density at radius 1 is 1.32 bits per heavy atom. The lowest BCUT2D eigenvalue weighted by Gasteiger charge is -2.29. The SMILES string of the molecule is O=C(O)C1CCN(S(=O)(=O)c2cc(Br)cc3c2OCC3)CC1. The summed E-state index contributed by atoms with van der Waals surface area (Å²) in [5, 5.41) is 9.01. The normalized spacial score (nSPS) is 19.7. The molecule has 120 valence electrons. The lowest BCUT2D eigenvalue weighted by atomic mass is 9.99. The molecule has 0 bridgehead atoms. The van der Waals surface area contributed by atoms with Gasteiger partial charge in [0.15, 0.2) is 0 Å². The van der Waals surface area contributed by atoms with Gasteiger partial charge in [0.25, 0.3) is 0 Å². The van der Waals surface area contributed by atoms with Crippen molar-refractivity contribution in [2.45, 2.75) is 24.2 Å². The Bertz CT molecular complexity index is 710. The summed E-state index contributed by atoms with van der Waals surface area (Å²) in [5.41, 5.74) is 0.883. The van der Waals surface area contributed by atoms with Gasteiger partial charge in [-0.1, -0.05) is 15.9 Å². The first kappa shape index (κ1) is 15.8. The molecule has 0 saturated carbocycles. The molecule has 2 aliphatic heterocycles. The fourth-order valence-electron chi connectivity index (χ4n) is 2.91. The van der Waals surface area contributed by atoms with Crippen LogP contribution < -0.4 is 4.74 Å². The quantitative estimate of drug-likeness (QED) is 0.852. The maximum absolute atomic E-state index is 12.9. The van der Waals surface area contributed by atoms with Crippen molar-refractivity contribution in [2.75, 3.05) is 19.7 Å². The zero-order valence-electron chi connectivity index (χ0n) is 11.8. The number of piperidine rings is 1. The Balaban J connectivity index is 1.90. The van der Waals surface area contributed by atoms with Crippen molar-refractivity contribution in [1.29, 1.82) is 0 Å². The van der Waals surface area contributed by atoms with Gasteiger partial charge in [-0.3, -0.25) is 4.79 Å². The van der Waals surface area contributed by atoms with Gasteiger partial charge in [-0.2, -0.15) is 4.31 Å². The third-order valence-corrected chi connectivity index (χ3v) is 6.50. The highest BCUT2D eigenvalue weighted by Crippen LogP contribution is 2.38. The van der Waals surface area contributed by atoms with Crippen LogP contribution in [0.3, 0.4) is 0 Å². The van der Waals surface area contributed by atoms with E-state index < -0.39 is 21.9 Å². The lowest BCUT2D eigenvalue weighted by Crippen LogP contribution is -2.40. The van der Waals surface area contributed by atoms with Crippen LogP contribution in [-0.4, -0.2) is 43.5 Å². The number of hydrogen-bond donors (Lipinski definition) is 1. The zero-order chi connectivity index (χ0) is 15.9. The number of sulfonamides is 1. The molecule has 0 aliphatic carbocycles. The highest BCUT2D eigenvalue weighted by atomic mass is 79.9. The fourth-order valence-corrected chi connectivity index (χ4v) is 5.24. The number of fused-ring (bicyclic) bond motifs is 1. The van der Waals surface area contributed by atoms with Crippen molar-refractivity contribution in [1.82, 2.24) is 4.31 Å². The minimum absolute atomic E-state index is 0.170. The monoisotopic (exact) mass is 389 g/mol. The van der Waals surface area contributed by atoms with Gasteiger partial charge in [0, 0.05) is 29.5 Å². The van der Waals surface area contributed by atoms with Crippen molar-refractivity contribution in [2.24, 2.45) is 5.92 Å². The van der Waals surface area contributed by atoms with Gasteiger partial charge in [-0.05, 0) is 25.0 Å². The minimum Gasteiger partial charge on any atom is -0.492 e. The molecule has 1 saturated heterocycles. The predicted octanol–water partition coefficient (Wildman–Crippen LogP) is 1.87. The second-order valence-electron chi connectivity index (χ2n) is 5.51. The summed E-state index contributed by atoms with van der Waals surface area (Å²) in [6, 6.07) is 3.43. The first-order valence-corrected chi connectivity index (χ1v) is 9.31. The van der Waals surface area contributed by atoms with Gasteiger partial charge in [-0.15, -0.1) is 0 Å². The van der Waals surface area contributed by atoms with Gasteiger partial charge < -0.3 is 9.84 Å². The van der Waals surface area contributed by atoms with Crippen molar-refractivity contribution in [3.63, 3.8) is 0 Å². The van der Waals surface area contributed by atoms with Crippen LogP contribution in [0.15, 0.2) is 21.5 Å². The van der Waals surface area contributed by atoms with Gasteiger partial charge >= 0.3 is 5.97 Å². The molecule has 0 spiro atoms. The summed E-state index contributed by atoms with van der Waals surface area (Å²) in [5.74, 6) is -0.886. The van der Waals surface area contributed by atoms with Crippen LogP contribution >= 0.6 is 15.9 Å². The van der Waals surface area contributed by atoms with Crippen molar-refractivity contribution >= 4 is 31.9 Å². The van der Waals surface area contributed by atoms with E-state index in [4.69, 9.17) is 9.84 Å². The third-order valence-electron chi connectivity index (χ3n) is 4.14. The van der Waals surface area contributed by atoms with E-state index >= 15 is 0 Å². The largest absolute Gasteiger partial charge is 0.492 e. The number of aliphatic carboxylic acids is 1. The summed E-state index contributed by atoms with van der Waals surface area (Å²) in [6.45, 7) is 0.927. The lowest BCUT2D eigenvalue weighted by molar-refractivity contribution is -0.142. The molecule has 8 heteroatoms. The molecule has 22 heavy (non-hydrogen) atoms. The number of rotatable bonds is 3. The van der Waals surface area contributed by atoms with Crippen molar-refractivity contribution in [3.8, 4) is 5.75 Å². The Morgan fingerprint density at radius 3 is 2.64 bits per heavy atom. The van der Waals surface area contributed by atoms with E-state index in [0.29, 0.717) is 36.1 Å². The average Bonchev–Trinajstić information content (AvgIpc) is 2.94. The van der Waals surface area contributed by atoms with Gasteiger partial charge in [0.05, 0.1) is 12.5 Å². The topological polar surface area (TPSA) is 83.9 Å². The van der Waals surface area contributed by atoms with Crippen LogP contribution in [0.1, 0.15) is 18.4 Å². The summed E-state index contributed by atoms with van der Waals surface area (Å²) in [7, 11) is -3.67. The van der Waals surface area contributed by atoms with E-state index in [1.165, 1.54) is 4.31 Å². The number of carboxylic acids is 1. The Morgan fingerprint density at radius 2 is 2.00 bits per heavy atom. The van der Waals surface area contributed by atoms with Crippen LogP contribution in [0.2, 0.25) is 0 Å². The van der Waals surface area contributed by atoms with Crippen LogP contribution in [0, 0.1) is 5.92 Å². The molecule has 0 amide bonds. The molecule has 0 radical (unpaired) electrons. The number of benzene rings is 1. The number of hydrogen-bond acceptors (Lipinski definition) is 4. The molecule has 3 rings (SSSR count). The van der Waals surface area contributed by atoms with Crippen molar-refractivity contribution in [3.05, 3.63) is 22.2 Å². The van der Waals surface area contributed by atoms with Crippen LogP contribution in [0.5, 0.6) is 5.75 Å². The molecule has 2 heterocycles. The summed E-state index contributed by atoms with van der Waals surface area (Å²) in [4.78, 5) is 11.2. The van der Waals surface area contributed by atoms with Crippen LogP contribution in [0.4, 0.5) is 0 Å². The maximum atomic E-state index is 12.9. The van der Waals surface area contributed by atoms with Gasteiger partial charge in [0.2, 0.25) is 10.0 Å². The summed E-state index contributed by atoms with van der Waals surface area (Å²) >= 11 is 3.34. The molecule has 0 unspecified atom stereocenters. The molecule has 1 aromatic carbocycles. The predicted molar refractivity (Wildman–Crippen MR) is 82.5 cm³/mol. The molecule has 1 N–H and O–H groups in total. The fraction of sp³-hybridized carbons (Fsp3) is 0.500. The smallest absolute Gasteiger partial charge is 0.306 e. The summed E-state index contributed by atoms with van der Waals surface area (Å²) < 4.78 is 33.3. The molecule has 0 atom stereocenters. The zero-order valence-corrected chi connectivity index (χ0v) is 14.2.